The molecule has 0 saturated heterocycles. The van der Waals surface area contributed by atoms with Gasteiger partial charge in [-0.2, -0.15) is 0 Å². The minimum Gasteiger partial charge on any atom is -0.387 e. The summed E-state index contributed by atoms with van der Waals surface area (Å²) in [7, 11) is 0. The molecule has 1 atom stereocenters. The third kappa shape index (κ3) is 2.42. The second-order valence-corrected chi connectivity index (χ2v) is 7.84. The first-order valence-electron chi connectivity index (χ1n) is 8.47. The molecule has 4 rings (SSSR count). The minimum absolute atomic E-state index is 0.302. The van der Waals surface area contributed by atoms with Crippen LogP contribution in [0.2, 0.25) is 0 Å². The van der Waals surface area contributed by atoms with Crippen LogP contribution in [0, 0.1) is 5.92 Å². The topological polar surface area (TPSA) is 37.5 Å². The molecular weight excluding hydrogens is 280 g/mol. The van der Waals surface area contributed by atoms with Crippen LogP contribution in [0.5, 0.6) is 0 Å². The molecule has 0 amide bonds. The van der Waals surface area contributed by atoms with Gasteiger partial charge in [-0.25, -0.2) is 4.98 Å². The summed E-state index contributed by atoms with van der Waals surface area (Å²) in [5.41, 5.74) is 1.17. The van der Waals surface area contributed by atoms with Crippen LogP contribution in [0.1, 0.15) is 80.4 Å². The Labute approximate surface area is 130 Å². The highest BCUT2D eigenvalue weighted by molar-refractivity contribution is 7.17. The summed E-state index contributed by atoms with van der Waals surface area (Å²) in [6.45, 7) is 0. The average Bonchev–Trinajstić information content (AvgIpc) is 3.23. The van der Waals surface area contributed by atoms with Crippen LogP contribution in [0.4, 0.5) is 0 Å². The summed E-state index contributed by atoms with van der Waals surface area (Å²) in [5, 5.41) is 11.0. The fourth-order valence-corrected chi connectivity index (χ4v) is 5.57. The molecule has 4 heteroatoms. The fraction of sp³-hybridized carbons (Fsp3) is 0.706. The molecule has 2 heterocycles. The first kappa shape index (κ1) is 13.8. The van der Waals surface area contributed by atoms with Crippen LogP contribution in [-0.2, 0) is 0 Å². The van der Waals surface area contributed by atoms with E-state index in [0.717, 1.165) is 0 Å². The average molecular weight is 304 g/mol. The molecule has 114 valence electrons. The summed E-state index contributed by atoms with van der Waals surface area (Å²) in [6, 6.07) is 0. The SMILES string of the molecule is O[C@@H](c1c(C2CCCC2)sc2cncn12)C1CCCCC1. The van der Waals surface area contributed by atoms with Gasteiger partial charge in [-0.3, -0.25) is 4.40 Å². The van der Waals surface area contributed by atoms with E-state index in [2.05, 4.69) is 9.38 Å². The molecule has 0 radical (unpaired) electrons. The lowest BCUT2D eigenvalue weighted by Crippen LogP contribution is -2.18. The molecule has 1 N–H and O–H groups in total. The third-order valence-corrected chi connectivity index (χ3v) is 6.71. The zero-order valence-corrected chi connectivity index (χ0v) is 13.3. The van der Waals surface area contributed by atoms with Gasteiger partial charge in [0.25, 0.3) is 0 Å². The van der Waals surface area contributed by atoms with Gasteiger partial charge in [0.15, 0.2) is 0 Å². The summed E-state index contributed by atoms with van der Waals surface area (Å²) in [6.07, 6.45) is 15.1. The Morgan fingerprint density at radius 3 is 2.57 bits per heavy atom. The molecule has 2 aliphatic carbocycles. The van der Waals surface area contributed by atoms with Crippen molar-refractivity contribution in [1.82, 2.24) is 9.38 Å². The second kappa shape index (κ2) is 5.73. The van der Waals surface area contributed by atoms with Crippen molar-refractivity contribution < 1.29 is 5.11 Å². The summed E-state index contributed by atoms with van der Waals surface area (Å²) in [4.78, 5) is 6.92. The smallest absolute Gasteiger partial charge is 0.120 e. The minimum atomic E-state index is -0.302. The van der Waals surface area contributed by atoms with Crippen molar-refractivity contribution in [1.29, 1.82) is 0 Å². The van der Waals surface area contributed by atoms with E-state index in [9.17, 15) is 5.11 Å². The number of imidazole rings is 1. The van der Waals surface area contributed by atoms with Crippen LogP contribution in [0.3, 0.4) is 0 Å². The molecular formula is C17H24N2OS. The number of fused-ring (bicyclic) bond motifs is 1. The molecule has 0 aromatic carbocycles. The van der Waals surface area contributed by atoms with Crippen molar-refractivity contribution in [3.8, 4) is 0 Å². The quantitative estimate of drug-likeness (QED) is 0.895. The van der Waals surface area contributed by atoms with Gasteiger partial charge in [-0.1, -0.05) is 32.1 Å². The number of nitrogens with zero attached hydrogens (tertiary/aromatic N) is 2. The van der Waals surface area contributed by atoms with Gasteiger partial charge in [0, 0.05) is 4.88 Å². The normalized spacial score (nSPS) is 23.1. The number of aliphatic hydroxyl groups is 1. The zero-order valence-electron chi connectivity index (χ0n) is 12.5. The molecule has 0 aliphatic heterocycles. The van der Waals surface area contributed by atoms with Crippen LogP contribution >= 0.6 is 11.3 Å². The Bertz CT molecular complexity index is 605. The van der Waals surface area contributed by atoms with E-state index in [0.29, 0.717) is 11.8 Å². The molecule has 0 spiro atoms. The van der Waals surface area contributed by atoms with Crippen LogP contribution in [0.25, 0.3) is 4.83 Å². The van der Waals surface area contributed by atoms with Gasteiger partial charge < -0.3 is 5.11 Å². The molecule has 0 bridgehead atoms. The molecule has 2 saturated carbocycles. The molecule has 3 nitrogen and oxygen atoms in total. The molecule has 2 aliphatic rings. The Kier molecular flexibility index (Phi) is 3.76. The van der Waals surface area contributed by atoms with E-state index in [1.807, 2.05) is 23.9 Å². The molecule has 0 unspecified atom stereocenters. The van der Waals surface area contributed by atoms with E-state index in [4.69, 9.17) is 0 Å². The highest BCUT2D eigenvalue weighted by Gasteiger charge is 2.32. The number of thiazole rings is 1. The number of hydrogen-bond donors (Lipinski definition) is 1. The van der Waals surface area contributed by atoms with Crippen molar-refractivity contribution >= 4 is 16.2 Å². The van der Waals surface area contributed by atoms with E-state index >= 15 is 0 Å². The Morgan fingerprint density at radius 2 is 1.81 bits per heavy atom. The van der Waals surface area contributed by atoms with Gasteiger partial charge >= 0.3 is 0 Å². The largest absolute Gasteiger partial charge is 0.387 e. The lowest BCUT2D eigenvalue weighted by molar-refractivity contribution is 0.0795. The van der Waals surface area contributed by atoms with Gasteiger partial charge in [0.1, 0.15) is 11.2 Å². The van der Waals surface area contributed by atoms with E-state index < -0.39 is 0 Å². The van der Waals surface area contributed by atoms with Gasteiger partial charge in [-0.05, 0) is 37.5 Å². The van der Waals surface area contributed by atoms with Crippen LogP contribution in [0.15, 0.2) is 12.5 Å². The summed E-state index contributed by atoms with van der Waals surface area (Å²) < 4.78 is 2.16. The van der Waals surface area contributed by atoms with Crippen LogP contribution < -0.4 is 0 Å². The number of hydrogen-bond acceptors (Lipinski definition) is 3. The van der Waals surface area contributed by atoms with E-state index in [-0.39, 0.29) is 6.10 Å². The monoisotopic (exact) mass is 304 g/mol. The van der Waals surface area contributed by atoms with Crippen molar-refractivity contribution in [2.24, 2.45) is 5.92 Å². The van der Waals surface area contributed by atoms with Crippen molar-refractivity contribution in [3.63, 3.8) is 0 Å². The summed E-state index contributed by atoms with van der Waals surface area (Å²) in [5.74, 6) is 1.11. The number of aromatic nitrogens is 2. The van der Waals surface area contributed by atoms with Crippen molar-refractivity contribution in [2.45, 2.75) is 69.8 Å². The third-order valence-electron chi connectivity index (χ3n) is 5.43. The van der Waals surface area contributed by atoms with Gasteiger partial charge in [0.05, 0.1) is 18.0 Å². The predicted molar refractivity (Wildman–Crippen MR) is 85.8 cm³/mol. The molecule has 2 fully saturated rings. The number of rotatable bonds is 3. The molecule has 21 heavy (non-hydrogen) atoms. The maximum Gasteiger partial charge on any atom is 0.120 e. The fourth-order valence-electron chi connectivity index (χ4n) is 4.26. The zero-order chi connectivity index (χ0) is 14.2. The number of aliphatic hydroxyl groups excluding tert-OH is 1. The van der Waals surface area contributed by atoms with Gasteiger partial charge in [-0.15, -0.1) is 11.3 Å². The first-order chi connectivity index (χ1) is 10.3. The Balaban J connectivity index is 1.73. The Morgan fingerprint density at radius 1 is 1.10 bits per heavy atom. The predicted octanol–water partition coefficient (Wildman–Crippen LogP) is 4.67. The van der Waals surface area contributed by atoms with Crippen molar-refractivity contribution in [3.05, 3.63) is 23.1 Å². The second-order valence-electron chi connectivity index (χ2n) is 6.78. The van der Waals surface area contributed by atoms with E-state index in [1.165, 1.54) is 73.2 Å². The van der Waals surface area contributed by atoms with Gasteiger partial charge in [0.2, 0.25) is 0 Å². The van der Waals surface area contributed by atoms with Crippen LogP contribution in [-0.4, -0.2) is 14.5 Å². The highest BCUT2D eigenvalue weighted by Crippen LogP contribution is 2.45. The lowest BCUT2D eigenvalue weighted by Gasteiger charge is -2.27. The highest BCUT2D eigenvalue weighted by atomic mass is 32.1. The van der Waals surface area contributed by atoms with Crippen molar-refractivity contribution in [2.75, 3.05) is 0 Å². The first-order valence-corrected chi connectivity index (χ1v) is 9.29. The van der Waals surface area contributed by atoms with E-state index in [1.54, 1.807) is 0 Å². The maximum atomic E-state index is 11.0. The molecule has 2 aromatic heterocycles. The lowest BCUT2D eigenvalue weighted by atomic mass is 9.83. The maximum absolute atomic E-state index is 11.0. The molecule has 2 aromatic rings. The summed E-state index contributed by atoms with van der Waals surface area (Å²) >= 11 is 1.86. The standard InChI is InChI=1S/C17H24N2OS/c20-16(12-6-2-1-3-7-12)15-17(13-8-4-5-9-13)21-14-10-18-11-19(14)15/h10-13,16,20H,1-9H2/t16-/m1/s1. The Hall–Kier alpha value is -0.870.